The molecule has 158 valence electrons. The Morgan fingerprint density at radius 3 is 2.69 bits per heavy atom. The van der Waals surface area contributed by atoms with Gasteiger partial charge in [0, 0.05) is 31.8 Å². The number of rotatable bonds is 8. The maximum Gasteiger partial charge on any atom is 0.227 e. The van der Waals surface area contributed by atoms with Crippen molar-refractivity contribution in [2.75, 3.05) is 25.5 Å². The lowest BCUT2D eigenvalue weighted by Crippen LogP contribution is -2.42. The van der Waals surface area contributed by atoms with Crippen LogP contribution in [-0.2, 0) is 4.79 Å². The first-order chi connectivity index (χ1) is 13.5. The van der Waals surface area contributed by atoms with E-state index in [0.717, 1.165) is 5.69 Å². The number of guanidine groups is 1. The molecular formula is C20H27FIN5O2. The van der Waals surface area contributed by atoms with Gasteiger partial charge in [0.25, 0.3) is 0 Å². The van der Waals surface area contributed by atoms with Crippen molar-refractivity contribution in [2.45, 2.75) is 26.4 Å². The third-order valence-corrected chi connectivity index (χ3v) is 3.71. The topological polar surface area (TPSA) is 87.6 Å². The minimum absolute atomic E-state index is 0. The van der Waals surface area contributed by atoms with Crippen molar-refractivity contribution >= 4 is 41.7 Å². The summed E-state index contributed by atoms with van der Waals surface area (Å²) in [7, 11) is 1.64. The molecule has 29 heavy (non-hydrogen) atoms. The molecule has 1 atom stereocenters. The molecular weight excluding hydrogens is 488 g/mol. The molecule has 7 nitrogen and oxygen atoms in total. The summed E-state index contributed by atoms with van der Waals surface area (Å²) >= 11 is 0. The number of nitrogens with zero attached hydrogens (tertiary/aromatic N) is 2. The first kappa shape index (κ1) is 24.6. The molecule has 0 fully saturated rings. The minimum Gasteiger partial charge on any atom is -0.489 e. The number of hydrogen-bond acceptors (Lipinski definition) is 4. The van der Waals surface area contributed by atoms with Crippen LogP contribution in [0.1, 0.15) is 19.0 Å². The summed E-state index contributed by atoms with van der Waals surface area (Å²) in [5, 5.41) is 8.93. The Morgan fingerprint density at radius 2 is 2.00 bits per heavy atom. The van der Waals surface area contributed by atoms with E-state index in [1.165, 1.54) is 12.1 Å². The number of ether oxygens (including phenoxy) is 1. The number of benzene rings is 1. The Kier molecular flexibility index (Phi) is 11.0. The third kappa shape index (κ3) is 9.55. The van der Waals surface area contributed by atoms with E-state index in [0.29, 0.717) is 30.6 Å². The van der Waals surface area contributed by atoms with E-state index in [1.54, 1.807) is 25.2 Å². The number of carbonyl (C=O) groups excluding carboxylic acids is 1. The zero-order chi connectivity index (χ0) is 20.4. The molecule has 1 heterocycles. The fourth-order valence-electron chi connectivity index (χ4n) is 2.39. The SMILES string of the molecule is CN=C(NCCC(=O)Nc1cccc(C)n1)NCC(C)Oc1cccc(F)c1.I. The number of aryl methyl sites for hydroxylation is 1. The maximum absolute atomic E-state index is 13.2. The van der Waals surface area contributed by atoms with Crippen LogP contribution in [0.25, 0.3) is 0 Å². The van der Waals surface area contributed by atoms with Crippen molar-refractivity contribution < 1.29 is 13.9 Å². The fraction of sp³-hybridized carbons (Fsp3) is 0.350. The van der Waals surface area contributed by atoms with Gasteiger partial charge in [0.15, 0.2) is 5.96 Å². The summed E-state index contributed by atoms with van der Waals surface area (Å²) in [6.45, 7) is 4.62. The average molecular weight is 515 g/mol. The highest BCUT2D eigenvalue weighted by molar-refractivity contribution is 14.0. The normalized spacial score (nSPS) is 11.8. The summed E-state index contributed by atoms with van der Waals surface area (Å²) in [5.74, 6) is 1.09. The minimum atomic E-state index is -0.339. The number of pyridine rings is 1. The lowest BCUT2D eigenvalue weighted by atomic mass is 10.3. The van der Waals surface area contributed by atoms with Crippen molar-refractivity contribution in [3.63, 3.8) is 0 Å². The fourth-order valence-corrected chi connectivity index (χ4v) is 2.39. The quantitative estimate of drug-likeness (QED) is 0.286. The van der Waals surface area contributed by atoms with Crippen molar-refractivity contribution in [3.8, 4) is 5.75 Å². The standard InChI is InChI=1S/C20H26FN5O2.HI/c1-14-6-4-9-18(25-14)26-19(27)10-11-23-20(22-3)24-13-15(2)28-17-8-5-7-16(21)12-17;/h4-9,12,15H,10-11,13H2,1-3H3,(H2,22,23,24)(H,25,26,27);1H. The predicted octanol–water partition coefficient (Wildman–Crippen LogP) is 3.11. The highest BCUT2D eigenvalue weighted by Gasteiger charge is 2.08. The van der Waals surface area contributed by atoms with E-state index < -0.39 is 0 Å². The van der Waals surface area contributed by atoms with E-state index in [2.05, 4.69) is 25.9 Å². The number of hydrogen-bond donors (Lipinski definition) is 3. The summed E-state index contributed by atoms with van der Waals surface area (Å²) in [5.41, 5.74) is 0.843. The lowest BCUT2D eigenvalue weighted by Gasteiger charge is -2.17. The summed E-state index contributed by atoms with van der Waals surface area (Å²) < 4.78 is 18.8. The van der Waals surface area contributed by atoms with Gasteiger partial charge in [-0.1, -0.05) is 12.1 Å². The van der Waals surface area contributed by atoms with Crippen LogP contribution >= 0.6 is 24.0 Å². The second-order valence-electron chi connectivity index (χ2n) is 6.23. The van der Waals surface area contributed by atoms with Gasteiger partial charge in [0.2, 0.25) is 5.91 Å². The Hall–Kier alpha value is -2.43. The Morgan fingerprint density at radius 1 is 1.24 bits per heavy atom. The predicted molar refractivity (Wildman–Crippen MR) is 123 cm³/mol. The maximum atomic E-state index is 13.2. The Bertz CT molecular complexity index is 819. The molecule has 2 rings (SSSR count). The third-order valence-electron chi connectivity index (χ3n) is 3.71. The van der Waals surface area contributed by atoms with Gasteiger partial charge in [-0.15, -0.1) is 24.0 Å². The molecule has 0 spiro atoms. The smallest absolute Gasteiger partial charge is 0.227 e. The molecule has 0 aliphatic rings. The van der Waals surface area contributed by atoms with E-state index >= 15 is 0 Å². The van der Waals surface area contributed by atoms with Crippen molar-refractivity contribution in [1.82, 2.24) is 15.6 Å². The molecule has 0 saturated carbocycles. The van der Waals surface area contributed by atoms with Gasteiger partial charge in [-0.25, -0.2) is 9.37 Å². The number of anilines is 1. The molecule has 3 N–H and O–H groups in total. The van der Waals surface area contributed by atoms with Gasteiger partial charge >= 0.3 is 0 Å². The van der Waals surface area contributed by atoms with Crippen molar-refractivity contribution in [3.05, 3.63) is 54.0 Å². The molecule has 0 aliphatic carbocycles. The molecule has 1 amide bonds. The Labute approximate surface area is 187 Å². The van der Waals surface area contributed by atoms with Crippen LogP contribution in [0, 0.1) is 12.7 Å². The molecule has 1 aromatic carbocycles. The Balaban J connectivity index is 0.00000420. The van der Waals surface area contributed by atoms with Crippen LogP contribution in [0.3, 0.4) is 0 Å². The summed E-state index contributed by atoms with van der Waals surface area (Å²) in [4.78, 5) is 20.3. The largest absolute Gasteiger partial charge is 0.489 e. The van der Waals surface area contributed by atoms with Gasteiger partial charge in [-0.05, 0) is 38.1 Å². The molecule has 1 unspecified atom stereocenters. The number of amides is 1. The van der Waals surface area contributed by atoms with E-state index in [-0.39, 0.29) is 48.2 Å². The van der Waals surface area contributed by atoms with E-state index in [4.69, 9.17) is 4.74 Å². The molecule has 0 bridgehead atoms. The van der Waals surface area contributed by atoms with Gasteiger partial charge in [-0.3, -0.25) is 9.79 Å². The van der Waals surface area contributed by atoms with Crippen LogP contribution in [-0.4, -0.2) is 43.1 Å². The van der Waals surface area contributed by atoms with E-state index in [9.17, 15) is 9.18 Å². The number of nitrogens with one attached hydrogen (secondary N) is 3. The molecule has 2 aromatic rings. The molecule has 0 aliphatic heterocycles. The van der Waals surface area contributed by atoms with Crippen LogP contribution in [0.4, 0.5) is 10.2 Å². The van der Waals surface area contributed by atoms with E-state index in [1.807, 2.05) is 26.0 Å². The molecule has 0 radical (unpaired) electrons. The van der Waals surface area contributed by atoms with Gasteiger partial charge in [0.1, 0.15) is 23.5 Å². The van der Waals surface area contributed by atoms with Crippen LogP contribution in [0.2, 0.25) is 0 Å². The van der Waals surface area contributed by atoms with Gasteiger partial charge < -0.3 is 20.7 Å². The second kappa shape index (κ2) is 12.9. The molecule has 9 heteroatoms. The van der Waals surface area contributed by atoms with Crippen LogP contribution in [0.5, 0.6) is 5.75 Å². The summed E-state index contributed by atoms with van der Waals surface area (Å²) in [6, 6.07) is 11.5. The van der Waals surface area contributed by atoms with Crippen molar-refractivity contribution in [2.24, 2.45) is 4.99 Å². The molecule has 0 saturated heterocycles. The molecule has 1 aromatic heterocycles. The number of aliphatic imine (C=N–C) groups is 1. The average Bonchev–Trinajstić information content (AvgIpc) is 2.64. The van der Waals surface area contributed by atoms with Crippen molar-refractivity contribution in [1.29, 1.82) is 0 Å². The first-order valence-electron chi connectivity index (χ1n) is 9.06. The second-order valence-corrected chi connectivity index (χ2v) is 6.23. The highest BCUT2D eigenvalue weighted by atomic mass is 127. The zero-order valence-corrected chi connectivity index (χ0v) is 19.1. The zero-order valence-electron chi connectivity index (χ0n) is 16.7. The monoisotopic (exact) mass is 515 g/mol. The van der Waals surface area contributed by atoms with Crippen LogP contribution < -0.4 is 20.7 Å². The number of halogens is 2. The van der Waals surface area contributed by atoms with Gasteiger partial charge in [-0.2, -0.15) is 0 Å². The lowest BCUT2D eigenvalue weighted by molar-refractivity contribution is -0.116. The number of carbonyl (C=O) groups is 1. The summed E-state index contributed by atoms with van der Waals surface area (Å²) in [6.07, 6.45) is 0.0714. The highest BCUT2D eigenvalue weighted by Crippen LogP contribution is 2.13. The number of aromatic nitrogens is 1. The first-order valence-corrected chi connectivity index (χ1v) is 9.06. The van der Waals surface area contributed by atoms with Crippen LogP contribution in [0.15, 0.2) is 47.5 Å². The van der Waals surface area contributed by atoms with Gasteiger partial charge in [0.05, 0.1) is 6.54 Å².